The van der Waals surface area contributed by atoms with Crippen molar-refractivity contribution in [3.8, 4) is 0 Å². The average molecular weight is 461 g/mol. The third kappa shape index (κ3) is 6.61. The van der Waals surface area contributed by atoms with Gasteiger partial charge in [-0.05, 0) is 23.6 Å². The lowest BCUT2D eigenvalue weighted by Gasteiger charge is -2.45. The largest absolute Gasteiger partial charge is 0.369 e. The van der Waals surface area contributed by atoms with Crippen LogP contribution in [-0.2, 0) is 43.6 Å². The molecular weight excluding hydrogens is 428 g/mol. The first-order valence-corrected chi connectivity index (χ1v) is 11.8. The Kier molecular flexibility index (Phi) is 8.99. The van der Waals surface area contributed by atoms with Gasteiger partial charge in [-0.25, -0.2) is 0 Å². The summed E-state index contributed by atoms with van der Waals surface area (Å²) in [5.74, 6) is 0. The summed E-state index contributed by atoms with van der Waals surface area (Å²) in [5, 5.41) is 0. The lowest BCUT2D eigenvalue weighted by molar-refractivity contribution is -0.260. The molecule has 1 heterocycles. The Morgan fingerprint density at radius 3 is 1.50 bits per heavy atom. The summed E-state index contributed by atoms with van der Waals surface area (Å²) in [5.41, 5.74) is 3.19. The monoisotopic (exact) mass is 460 g/mol. The minimum Gasteiger partial charge on any atom is -0.369 e. The van der Waals surface area contributed by atoms with Gasteiger partial charge in [-0.2, -0.15) is 0 Å². The van der Waals surface area contributed by atoms with Crippen LogP contribution in [0.3, 0.4) is 0 Å². The van der Waals surface area contributed by atoms with Crippen molar-refractivity contribution < 1.29 is 23.7 Å². The average Bonchev–Trinajstić information content (AvgIpc) is 2.88. The zero-order valence-corrected chi connectivity index (χ0v) is 19.5. The lowest BCUT2D eigenvalue weighted by atomic mass is 9.93. The van der Waals surface area contributed by atoms with Gasteiger partial charge in [0.1, 0.15) is 24.6 Å². The summed E-state index contributed by atoms with van der Waals surface area (Å²) in [7, 11) is 0. The molecule has 1 fully saturated rings. The van der Waals surface area contributed by atoms with E-state index >= 15 is 0 Å². The van der Waals surface area contributed by atoms with Crippen LogP contribution in [0.2, 0.25) is 0 Å². The molecule has 1 aliphatic heterocycles. The van der Waals surface area contributed by atoms with Gasteiger partial charge in [0, 0.05) is 6.42 Å². The van der Waals surface area contributed by atoms with Gasteiger partial charge in [0.05, 0.1) is 32.0 Å². The van der Waals surface area contributed by atoms with E-state index in [1.54, 1.807) is 0 Å². The number of carbonyl (C=O) groups excluding carboxylic acids is 1. The van der Waals surface area contributed by atoms with Crippen LogP contribution >= 0.6 is 0 Å². The first kappa shape index (κ1) is 24.3. The normalized spacial score (nSPS) is 24.6. The Bertz CT molecular complexity index is 979. The molecular formula is C29H32O5. The van der Waals surface area contributed by atoms with E-state index in [4.69, 9.17) is 18.9 Å². The lowest BCUT2D eigenvalue weighted by Crippen LogP contribution is -2.59. The van der Waals surface area contributed by atoms with E-state index < -0.39 is 18.3 Å². The molecule has 178 valence electrons. The van der Waals surface area contributed by atoms with Gasteiger partial charge in [-0.1, -0.05) is 91.0 Å². The van der Waals surface area contributed by atoms with E-state index in [2.05, 4.69) is 0 Å². The summed E-state index contributed by atoms with van der Waals surface area (Å²) in [6.07, 6.45) is -0.754. The number of hydrogen-bond acceptors (Lipinski definition) is 5. The Balaban J connectivity index is 1.55. The predicted molar refractivity (Wildman–Crippen MR) is 130 cm³/mol. The van der Waals surface area contributed by atoms with Crippen LogP contribution < -0.4 is 0 Å². The van der Waals surface area contributed by atoms with Crippen molar-refractivity contribution in [3.05, 3.63) is 108 Å². The van der Waals surface area contributed by atoms with Gasteiger partial charge >= 0.3 is 0 Å². The highest BCUT2D eigenvalue weighted by molar-refractivity contribution is 5.50. The second-order valence-corrected chi connectivity index (χ2v) is 8.57. The number of carbonyl (C=O) groups is 1. The van der Waals surface area contributed by atoms with Crippen molar-refractivity contribution in [3.63, 3.8) is 0 Å². The molecule has 0 amide bonds. The zero-order chi connectivity index (χ0) is 23.6. The molecule has 5 atom stereocenters. The maximum atomic E-state index is 11.5. The molecule has 3 aromatic rings. The number of benzene rings is 3. The summed E-state index contributed by atoms with van der Waals surface area (Å²) < 4.78 is 25.5. The van der Waals surface area contributed by atoms with Crippen LogP contribution in [0, 0.1) is 0 Å². The standard InChI is InChI=1S/C29H32O5/c1-22-27(31-19-23-11-5-2-6-12-23)29(33-21-25-15-9-4-10-16-25)28(26(34-22)17-18-30)32-20-24-13-7-3-8-14-24/h2-16,18,22,26-29H,17,19-21H2,1H3/t22-,26-,27+,28+,29+/m0/s1. The predicted octanol–water partition coefficient (Wildman–Crippen LogP) is 5.12. The topological polar surface area (TPSA) is 54.0 Å². The van der Waals surface area contributed by atoms with Crippen molar-refractivity contribution >= 4 is 6.29 Å². The molecule has 0 radical (unpaired) electrons. The first-order valence-electron chi connectivity index (χ1n) is 11.8. The Morgan fingerprint density at radius 2 is 1.06 bits per heavy atom. The van der Waals surface area contributed by atoms with Gasteiger partial charge < -0.3 is 23.7 Å². The van der Waals surface area contributed by atoms with Gasteiger partial charge in [0.15, 0.2) is 0 Å². The van der Waals surface area contributed by atoms with Gasteiger partial charge in [0.25, 0.3) is 0 Å². The minimum absolute atomic E-state index is 0.237. The Morgan fingerprint density at radius 1 is 0.647 bits per heavy atom. The van der Waals surface area contributed by atoms with E-state index in [-0.39, 0.29) is 18.6 Å². The molecule has 0 saturated carbocycles. The second-order valence-electron chi connectivity index (χ2n) is 8.57. The molecule has 5 heteroatoms. The van der Waals surface area contributed by atoms with Crippen molar-refractivity contribution in [1.82, 2.24) is 0 Å². The van der Waals surface area contributed by atoms with Crippen molar-refractivity contribution in [1.29, 1.82) is 0 Å². The smallest absolute Gasteiger partial charge is 0.122 e. The maximum absolute atomic E-state index is 11.5. The molecule has 0 bridgehead atoms. The zero-order valence-electron chi connectivity index (χ0n) is 19.5. The van der Waals surface area contributed by atoms with Crippen LogP contribution in [0.5, 0.6) is 0 Å². The molecule has 1 aliphatic rings. The maximum Gasteiger partial charge on any atom is 0.122 e. The van der Waals surface area contributed by atoms with E-state index in [1.165, 1.54) is 0 Å². The fourth-order valence-electron chi connectivity index (χ4n) is 4.30. The summed E-state index contributed by atoms with van der Waals surface area (Å²) in [4.78, 5) is 11.5. The molecule has 0 spiro atoms. The highest BCUT2D eigenvalue weighted by atomic mass is 16.6. The summed E-state index contributed by atoms with van der Waals surface area (Å²) >= 11 is 0. The molecule has 0 aliphatic carbocycles. The van der Waals surface area contributed by atoms with Crippen LogP contribution in [0.1, 0.15) is 30.0 Å². The number of aldehydes is 1. The fourth-order valence-corrected chi connectivity index (χ4v) is 4.30. The second kappa shape index (κ2) is 12.6. The summed E-state index contributed by atoms with van der Waals surface area (Å²) in [6.45, 7) is 3.23. The highest BCUT2D eigenvalue weighted by Crippen LogP contribution is 2.31. The third-order valence-electron chi connectivity index (χ3n) is 6.05. The molecule has 0 N–H and O–H groups in total. The van der Waals surface area contributed by atoms with Gasteiger partial charge in [-0.15, -0.1) is 0 Å². The van der Waals surface area contributed by atoms with E-state index in [1.807, 2.05) is 97.9 Å². The minimum atomic E-state index is -0.453. The van der Waals surface area contributed by atoms with Crippen molar-refractivity contribution in [2.24, 2.45) is 0 Å². The quantitative estimate of drug-likeness (QED) is 0.372. The fraction of sp³-hybridized carbons (Fsp3) is 0.345. The Labute approximate surface area is 201 Å². The van der Waals surface area contributed by atoms with Crippen LogP contribution in [0.25, 0.3) is 0 Å². The molecule has 1 saturated heterocycles. The van der Waals surface area contributed by atoms with Crippen LogP contribution in [0.15, 0.2) is 91.0 Å². The first-order chi connectivity index (χ1) is 16.7. The van der Waals surface area contributed by atoms with Crippen molar-refractivity contribution in [2.75, 3.05) is 0 Å². The van der Waals surface area contributed by atoms with E-state index in [9.17, 15) is 4.79 Å². The molecule has 5 nitrogen and oxygen atoms in total. The van der Waals surface area contributed by atoms with Crippen LogP contribution in [0.4, 0.5) is 0 Å². The Hall–Kier alpha value is -2.83. The SMILES string of the molecule is C[C@@H]1O[C@@H](CC=O)[C@@H](OCc2ccccc2)[C@H](OCc2ccccc2)[C@@H]1OCc1ccccc1. The number of rotatable bonds is 11. The molecule has 0 unspecified atom stereocenters. The number of ether oxygens (including phenoxy) is 4. The summed E-state index contributed by atoms with van der Waals surface area (Å²) in [6, 6.07) is 30.1. The van der Waals surface area contributed by atoms with Gasteiger partial charge in [-0.3, -0.25) is 0 Å². The highest BCUT2D eigenvalue weighted by Gasteiger charge is 2.46. The van der Waals surface area contributed by atoms with E-state index in [0.29, 0.717) is 19.8 Å². The van der Waals surface area contributed by atoms with Gasteiger partial charge in [0.2, 0.25) is 0 Å². The number of hydrogen-bond donors (Lipinski definition) is 0. The van der Waals surface area contributed by atoms with Crippen LogP contribution in [-0.4, -0.2) is 36.8 Å². The molecule has 3 aromatic carbocycles. The molecule has 4 rings (SSSR count). The van der Waals surface area contributed by atoms with Crippen molar-refractivity contribution in [2.45, 2.75) is 63.7 Å². The molecule has 34 heavy (non-hydrogen) atoms. The molecule has 0 aromatic heterocycles. The van der Waals surface area contributed by atoms with E-state index in [0.717, 1.165) is 23.0 Å². The third-order valence-corrected chi connectivity index (χ3v) is 6.05.